The van der Waals surface area contributed by atoms with E-state index in [2.05, 4.69) is 5.92 Å². The minimum Gasteiger partial charge on any atom is -0.493 e. The van der Waals surface area contributed by atoms with Gasteiger partial charge >= 0.3 is 0 Å². The largest absolute Gasteiger partial charge is 0.493 e. The summed E-state index contributed by atoms with van der Waals surface area (Å²) < 4.78 is 5.40. The molecule has 74 valence electrons. The van der Waals surface area contributed by atoms with Crippen LogP contribution in [0.5, 0.6) is 5.75 Å². The summed E-state index contributed by atoms with van der Waals surface area (Å²) >= 11 is 0. The Morgan fingerprint density at radius 1 is 1.43 bits per heavy atom. The van der Waals surface area contributed by atoms with Gasteiger partial charge in [-0.25, -0.2) is 0 Å². The molecular formula is C12H15NO. The van der Waals surface area contributed by atoms with Crippen LogP contribution in [-0.4, -0.2) is 6.61 Å². The van der Waals surface area contributed by atoms with Gasteiger partial charge in [0.25, 0.3) is 0 Å². The van der Waals surface area contributed by atoms with Gasteiger partial charge in [0.05, 0.1) is 6.61 Å². The molecule has 0 radical (unpaired) electrons. The number of benzene rings is 1. The molecule has 0 amide bonds. The molecule has 0 bridgehead atoms. The third-order valence-electron chi connectivity index (χ3n) is 1.92. The highest BCUT2D eigenvalue weighted by Gasteiger charge is 1.98. The number of ether oxygens (including phenoxy) is 1. The van der Waals surface area contributed by atoms with Gasteiger partial charge in [0, 0.05) is 12.5 Å². The molecule has 0 aliphatic rings. The average Bonchev–Trinajstić information content (AvgIpc) is 2.19. The van der Waals surface area contributed by atoms with Gasteiger partial charge in [-0.3, -0.25) is 0 Å². The Balaban J connectivity index is 2.52. The van der Waals surface area contributed by atoms with Crippen LogP contribution in [0.1, 0.15) is 24.9 Å². The molecule has 0 saturated carbocycles. The zero-order valence-electron chi connectivity index (χ0n) is 8.36. The average molecular weight is 189 g/mol. The summed E-state index contributed by atoms with van der Waals surface area (Å²) in [5.74, 6) is 3.36. The van der Waals surface area contributed by atoms with Crippen LogP contribution in [0.15, 0.2) is 24.3 Å². The zero-order valence-corrected chi connectivity index (χ0v) is 8.36. The van der Waals surface area contributed by atoms with Gasteiger partial charge in [-0.1, -0.05) is 12.1 Å². The highest BCUT2D eigenvalue weighted by atomic mass is 16.5. The van der Waals surface area contributed by atoms with Crippen LogP contribution in [0, 0.1) is 12.3 Å². The van der Waals surface area contributed by atoms with Crippen molar-refractivity contribution in [1.29, 1.82) is 0 Å². The monoisotopic (exact) mass is 189 g/mol. The summed E-state index contributed by atoms with van der Waals surface area (Å²) in [4.78, 5) is 0. The van der Waals surface area contributed by atoms with Crippen molar-refractivity contribution in [1.82, 2.24) is 0 Å². The Bertz CT molecular complexity index is 308. The molecule has 0 spiro atoms. The first-order valence-corrected chi connectivity index (χ1v) is 4.66. The number of hydrogen-bond donors (Lipinski definition) is 1. The molecule has 0 aliphatic heterocycles. The van der Waals surface area contributed by atoms with E-state index in [9.17, 15) is 0 Å². The van der Waals surface area contributed by atoms with E-state index >= 15 is 0 Å². The summed E-state index contributed by atoms with van der Waals surface area (Å²) in [5.41, 5.74) is 6.82. The third kappa shape index (κ3) is 3.12. The van der Waals surface area contributed by atoms with E-state index in [0.717, 1.165) is 11.3 Å². The molecule has 0 heterocycles. The van der Waals surface area contributed by atoms with E-state index in [1.807, 2.05) is 31.2 Å². The SMILES string of the molecule is C#CCCOc1ccc([C@@H](C)N)cc1. The predicted octanol–water partition coefficient (Wildman–Crippen LogP) is 2.11. The molecule has 2 nitrogen and oxygen atoms in total. The van der Waals surface area contributed by atoms with Crippen molar-refractivity contribution >= 4 is 0 Å². The fraction of sp³-hybridized carbons (Fsp3) is 0.333. The van der Waals surface area contributed by atoms with Gasteiger partial charge in [-0.05, 0) is 24.6 Å². The number of hydrogen-bond acceptors (Lipinski definition) is 2. The molecule has 1 aromatic carbocycles. The topological polar surface area (TPSA) is 35.2 Å². The lowest BCUT2D eigenvalue weighted by Crippen LogP contribution is -2.04. The first-order valence-electron chi connectivity index (χ1n) is 4.66. The van der Waals surface area contributed by atoms with Crippen molar-refractivity contribution in [3.63, 3.8) is 0 Å². The Kier molecular flexibility index (Phi) is 4.03. The van der Waals surface area contributed by atoms with E-state index in [-0.39, 0.29) is 6.04 Å². The maximum Gasteiger partial charge on any atom is 0.119 e. The van der Waals surface area contributed by atoms with E-state index in [1.165, 1.54) is 0 Å². The zero-order chi connectivity index (χ0) is 10.4. The highest BCUT2D eigenvalue weighted by molar-refractivity contribution is 5.28. The quantitative estimate of drug-likeness (QED) is 0.581. The van der Waals surface area contributed by atoms with E-state index < -0.39 is 0 Å². The summed E-state index contributed by atoms with van der Waals surface area (Å²) in [6.07, 6.45) is 5.74. The van der Waals surface area contributed by atoms with Crippen LogP contribution in [0.25, 0.3) is 0 Å². The molecule has 2 N–H and O–H groups in total. The standard InChI is InChI=1S/C12H15NO/c1-3-4-9-14-12-7-5-11(6-8-12)10(2)13/h1,5-8,10H,4,9,13H2,2H3/t10-/m1/s1. The fourth-order valence-electron chi connectivity index (χ4n) is 1.10. The van der Waals surface area contributed by atoms with Gasteiger partial charge in [-0.2, -0.15) is 0 Å². The van der Waals surface area contributed by atoms with Crippen LogP contribution in [-0.2, 0) is 0 Å². The number of terminal acetylenes is 1. The van der Waals surface area contributed by atoms with Crippen molar-refractivity contribution in [2.24, 2.45) is 5.73 Å². The molecule has 1 atom stereocenters. The lowest BCUT2D eigenvalue weighted by atomic mass is 10.1. The second-order valence-electron chi connectivity index (χ2n) is 3.16. The minimum absolute atomic E-state index is 0.0646. The van der Waals surface area contributed by atoms with E-state index in [4.69, 9.17) is 16.9 Å². The van der Waals surface area contributed by atoms with E-state index in [1.54, 1.807) is 0 Å². The van der Waals surface area contributed by atoms with Gasteiger partial charge in [0.15, 0.2) is 0 Å². The molecule has 0 unspecified atom stereocenters. The summed E-state index contributed by atoms with van der Waals surface area (Å²) in [6, 6.07) is 7.82. The Morgan fingerprint density at radius 3 is 2.57 bits per heavy atom. The molecule has 0 fully saturated rings. The molecular weight excluding hydrogens is 174 g/mol. The maximum atomic E-state index is 5.72. The normalized spacial score (nSPS) is 11.8. The first kappa shape index (κ1) is 10.6. The van der Waals surface area contributed by atoms with E-state index in [0.29, 0.717) is 13.0 Å². The predicted molar refractivity (Wildman–Crippen MR) is 58.0 cm³/mol. The molecule has 14 heavy (non-hydrogen) atoms. The fourth-order valence-corrected chi connectivity index (χ4v) is 1.10. The smallest absolute Gasteiger partial charge is 0.119 e. The first-order chi connectivity index (χ1) is 6.74. The van der Waals surface area contributed by atoms with Gasteiger partial charge in [0.1, 0.15) is 5.75 Å². The maximum absolute atomic E-state index is 5.72. The second-order valence-corrected chi connectivity index (χ2v) is 3.16. The van der Waals surface area contributed by atoms with Crippen LogP contribution < -0.4 is 10.5 Å². The summed E-state index contributed by atoms with van der Waals surface area (Å²) in [7, 11) is 0. The van der Waals surface area contributed by atoms with Gasteiger partial charge in [0.2, 0.25) is 0 Å². The van der Waals surface area contributed by atoms with Crippen molar-refractivity contribution in [3.05, 3.63) is 29.8 Å². The lowest BCUT2D eigenvalue weighted by Gasteiger charge is -2.07. The van der Waals surface area contributed by atoms with Crippen molar-refractivity contribution in [2.45, 2.75) is 19.4 Å². The van der Waals surface area contributed by atoms with Crippen molar-refractivity contribution < 1.29 is 4.74 Å². The third-order valence-corrected chi connectivity index (χ3v) is 1.92. The van der Waals surface area contributed by atoms with Crippen LogP contribution in [0.4, 0.5) is 0 Å². The van der Waals surface area contributed by atoms with Gasteiger partial charge < -0.3 is 10.5 Å². The van der Waals surface area contributed by atoms with Crippen LogP contribution >= 0.6 is 0 Å². The number of rotatable bonds is 4. The minimum atomic E-state index is 0.0646. The van der Waals surface area contributed by atoms with Crippen molar-refractivity contribution in [3.8, 4) is 18.1 Å². The second kappa shape index (κ2) is 5.31. The Labute approximate surface area is 85.1 Å². The molecule has 0 aromatic heterocycles. The van der Waals surface area contributed by atoms with Crippen LogP contribution in [0.2, 0.25) is 0 Å². The summed E-state index contributed by atoms with van der Waals surface area (Å²) in [6.45, 7) is 2.52. The summed E-state index contributed by atoms with van der Waals surface area (Å²) in [5, 5.41) is 0. The Morgan fingerprint density at radius 2 is 2.07 bits per heavy atom. The molecule has 1 rings (SSSR count). The number of nitrogens with two attached hydrogens (primary N) is 1. The molecule has 0 saturated heterocycles. The molecule has 2 heteroatoms. The lowest BCUT2D eigenvalue weighted by molar-refractivity contribution is 0.327. The highest BCUT2D eigenvalue weighted by Crippen LogP contribution is 2.15. The molecule has 0 aliphatic carbocycles. The van der Waals surface area contributed by atoms with Crippen molar-refractivity contribution in [2.75, 3.05) is 6.61 Å². The van der Waals surface area contributed by atoms with Crippen LogP contribution in [0.3, 0.4) is 0 Å². The molecule has 1 aromatic rings. The van der Waals surface area contributed by atoms with Gasteiger partial charge in [-0.15, -0.1) is 12.3 Å². The Hall–Kier alpha value is -1.46.